The number of rotatable bonds is 1. The second-order valence-corrected chi connectivity index (χ2v) is 3.05. The van der Waals surface area contributed by atoms with E-state index >= 15 is 0 Å². The fourth-order valence-electron chi connectivity index (χ4n) is 1.29. The standard InChI is InChI=1S/C9H11NO2/c1-4-7(3)10-8(11)5-6(2)9(10)12/h1,6-7H,5H2,2-3H3. The Morgan fingerprint density at radius 3 is 2.58 bits per heavy atom. The van der Waals surface area contributed by atoms with Crippen LogP contribution in [0.15, 0.2) is 0 Å². The molecule has 1 heterocycles. The van der Waals surface area contributed by atoms with Crippen LogP contribution in [0.1, 0.15) is 20.3 Å². The maximum atomic E-state index is 11.3. The van der Waals surface area contributed by atoms with E-state index in [1.807, 2.05) is 0 Å². The molecule has 0 aliphatic carbocycles. The molecule has 64 valence electrons. The number of terminal acetylenes is 1. The predicted octanol–water partition coefficient (Wildman–Crippen LogP) is 0.403. The molecule has 2 amide bonds. The van der Waals surface area contributed by atoms with Crippen LogP contribution in [0.5, 0.6) is 0 Å². The van der Waals surface area contributed by atoms with E-state index in [0.29, 0.717) is 6.42 Å². The van der Waals surface area contributed by atoms with Crippen molar-refractivity contribution >= 4 is 11.8 Å². The summed E-state index contributed by atoms with van der Waals surface area (Å²) in [4.78, 5) is 23.7. The number of hydrogen-bond acceptors (Lipinski definition) is 2. The van der Waals surface area contributed by atoms with Gasteiger partial charge in [-0.1, -0.05) is 12.8 Å². The molecule has 3 heteroatoms. The van der Waals surface area contributed by atoms with E-state index in [1.54, 1.807) is 13.8 Å². The Hall–Kier alpha value is -1.30. The summed E-state index contributed by atoms with van der Waals surface area (Å²) < 4.78 is 0. The van der Waals surface area contributed by atoms with E-state index in [9.17, 15) is 9.59 Å². The predicted molar refractivity (Wildman–Crippen MR) is 43.9 cm³/mol. The van der Waals surface area contributed by atoms with Gasteiger partial charge in [0.05, 0.1) is 6.04 Å². The van der Waals surface area contributed by atoms with Gasteiger partial charge >= 0.3 is 0 Å². The number of nitrogens with zero attached hydrogens (tertiary/aromatic N) is 1. The molecule has 1 aliphatic rings. The number of likely N-dealkylation sites (tertiary alicyclic amines) is 1. The summed E-state index contributed by atoms with van der Waals surface area (Å²) in [6.45, 7) is 3.41. The van der Waals surface area contributed by atoms with Gasteiger partial charge in [-0.05, 0) is 6.92 Å². The maximum absolute atomic E-state index is 11.3. The van der Waals surface area contributed by atoms with Crippen LogP contribution >= 0.6 is 0 Å². The minimum Gasteiger partial charge on any atom is -0.274 e. The quantitative estimate of drug-likeness (QED) is 0.416. The second kappa shape index (κ2) is 2.98. The van der Waals surface area contributed by atoms with Crippen LogP contribution < -0.4 is 0 Å². The molecule has 0 aromatic heterocycles. The SMILES string of the molecule is C#CC(C)N1C(=O)CC(C)C1=O. The first-order valence-corrected chi connectivity index (χ1v) is 3.90. The summed E-state index contributed by atoms with van der Waals surface area (Å²) in [5, 5.41) is 0. The lowest BCUT2D eigenvalue weighted by molar-refractivity contribution is -0.140. The van der Waals surface area contributed by atoms with Crippen LogP contribution in [0.4, 0.5) is 0 Å². The van der Waals surface area contributed by atoms with Gasteiger partial charge in [-0.2, -0.15) is 0 Å². The monoisotopic (exact) mass is 165 g/mol. The van der Waals surface area contributed by atoms with Crippen molar-refractivity contribution in [2.24, 2.45) is 5.92 Å². The molecule has 1 fully saturated rings. The lowest BCUT2D eigenvalue weighted by atomic mass is 10.1. The van der Waals surface area contributed by atoms with Crippen LogP contribution in [-0.2, 0) is 9.59 Å². The zero-order chi connectivity index (χ0) is 9.30. The molecular weight excluding hydrogens is 154 g/mol. The molecule has 2 unspecified atom stereocenters. The molecule has 0 spiro atoms. The first-order valence-electron chi connectivity index (χ1n) is 3.90. The number of hydrogen-bond donors (Lipinski definition) is 0. The Balaban J connectivity index is 2.85. The van der Waals surface area contributed by atoms with Gasteiger partial charge in [-0.15, -0.1) is 6.42 Å². The van der Waals surface area contributed by atoms with E-state index in [4.69, 9.17) is 6.42 Å². The lowest BCUT2D eigenvalue weighted by Gasteiger charge is -2.17. The molecule has 0 radical (unpaired) electrons. The minimum atomic E-state index is -0.407. The number of carbonyl (C=O) groups is 2. The Morgan fingerprint density at radius 1 is 1.67 bits per heavy atom. The second-order valence-electron chi connectivity index (χ2n) is 3.05. The summed E-state index contributed by atoms with van der Waals surface area (Å²) in [7, 11) is 0. The van der Waals surface area contributed by atoms with Gasteiger partial charge in [0, 0.05) is 12.3 Å². The zero-order valence-electron chi connectivity index (χ0n) is 7.20. The third-order valence-corrected chi connectivity index (χ3v) is 2.04. The average molecular weight is 165 g/mol. The highest BCUT2D eigenvalue weighted by Crippen LogP contribution is 2.20. The number of amides is 2. The van der Waals surface area contributed by atoms with Crippen molar-refractivity contribution in [3.63, 3.8) is 0 Å². The van der Waals surface area contributed by atoms with E-state index in [-0.39, 0.29) is 17.7 Å². The first-order chi connectivity index (χ1) is 5.57. The van der Waals surface area contributed by atoms with E-state index < -0.39 is 6.04 Å². The van der Waals surface area contributed by atoms with E-state index in [1.165, 1.54) is 4.90 Å². The van der Waals surface area contributed by atoms with Gasteiger partial charge < -0.3 is 0 Å². The Bertz CT molecular complexity index is 264. The first kappa shape index (κ1) is 8.79. The van der Waals surface area contributed by atoms with Gasteiger partial charge in [0.25, 0.3) is 0 Å². The molecule has 1 aliphatic heterocycles. The van der Waals surface area contributed by atoms with Gasteiger partial charge in [0.15, 0.2) is 0 Å². The molecule has 0 aromatic carbocycles. The third kappa shape index (κ3) is 1.20. The number of imide groups is 1. The Morgan fingerprint density at radius 2 is 2.25 bits per heavy atom. The topological polar surface area (TPSA) is 37.4 Å². The molecule has 12 heavy (non-hydrogen) atoms. The lowest BCUT2D eigenvalue weighted by Crippen LogP contribution is -2.37. The summed E-state index contributed by atoms with van der Waals surface area (Å²) in [6, 6.07) is -0.407. The molecule has 0 N–H and O–H groups in total. The van der Waals surface area contributed by atoms with Crippen molar-refractivity contribution < 1.29 is 9.59 Å². The van der Waals surface area contributed by atoms with Gasteiger partial charge in [0.2, 0.25) is 11.8 Å². The van der Waals surface area contributed by atoms with Crippen LogP contribution in [0.25, 0.3) is 0 Å². The van der Waals surface area contributed by atoms with Gasteiger partial charge in [0.1, 0.15) is 0 Å². The van der Waals surface area contributed by atoms with Crippen LogP contribution in [-0.4, -0.2) is 22.8 Å². The average Bonchev–Trinajstić information content (AvgIpc) is 2.26. The van der Waals surface area contributed by atoms with E-state index in [2.05, 4.69) is 5.92 Å². The molecule has 0 aromatic rings. The van der Waals surface area contributed by atoms with Gasteiger partial charge in [-0.25, -0.2) is 0 Å². The van der Waals surface area contributed by atoms with Crippen molar-refractivity contribution in [3.8, 4) is 12.3 Å². The molecule has 2 atom stereocenters. The Kier molecular flexibility index (Phi) is 2.18. The van der Waals surface area contributed by atoms with Crippen molar-refractivity contribution in [2.45, 2.75) is 26.3 Å². The smallest absolute Gasteiger partial charge is 0.233 e. The maximum Gasteiger partial charge on any atom is 0.233 e. The van der Waals surface area contributed by atoms with Crippen LogP contribution in [0.2, 0.25) is 0 Å². The molecule has 1 saturated heterocycles. The fourth-order valence-corrected chi connectivity index (χ4v) is 1.29. The third-order valence-electron chi connectivity index (χ3n) is 2.04. The van der Waals surface area contributed by atoms with Crippen molar-refractivity contribution in [1.82, 2.24) is 4.90 Å². The largest absolute Gasteiger partial charge is 0.274 e. The Labute approximate surface area is 71.7 Å². The molecule has 0 saturated carbocycles. The highest BCUT2D eigenvalue weighted by Gasteiger charge is 2.37. The normalized spacial score (nSPS) is 25.8. The highest BCUT2D eigenvalue weighted by atomic mass is 16.2. The van der Waals surface area contributed by atoms with Crippen LogP contribution in [0, 0.1) is 18.3 Å². The minimum absolute atomic E-state index is 0.148. The van der Waals surface area contributed by atoms with Crippen molar-refractivity contribution in [3.05, 3.63) is 0 Å². The summed E-state index contributed by atoms with van der Waals surface area (Å²) >= 11 is 0. The van der Waals surface area contributed by atoms with Crippen molar-refractivity contribution in [2.75, 3.05) is 0 Å². The summed E-state index contributed by atoms with van der Waals surface area (Å²) in [5.41, 5.74) is 0. The molecule has 3 nitrogen and oxygen atoms in total. The highest BCUT2D eigenvalue weighted by molar-refractivity contribution is 6.03. The molecule has 1 rings (SSSR count). The van der Waals surface area contributed by atoms with Gasteiger partial charge in [-0.3, -0.25) is 14.5 Å². The van der Waals surface area contributed by atoms with E-state index in [0.717, 1.165) is 0 Å². The number of carbonyl (C=O) groups excluding carboxylic acids is 2. The fraction of sp³-hybridized carbons (Fsp3) is 0.556. The molecular formula is C9H11NO2. The van der Waals surface area contributed by atoms with Crippen LogP contribution in [0.3, 0.4) is 0 Å². The molecule has 0 bridgehead atoms. The van der Waals surface area contributed by atoms with Crippen molar-refractivity contribution in [1.29, 1.82) is 0 Å². The zero-order valence-corrected chi connectivity index (χ0v) is 7.20. The summed E-state index contributed by atoms with van der Waals surface area (Å²) in [5.74, 6) is 1.87. The summed E-state index contributed by atoms with van der Waals surface area (Å²) in [6.07, 6.45) is 5.42.